The second-order valence-electron chi connectivity index (χ2n) is 7.30. The van der Waals surface area contributed by atoms with Crippen molar-refractivity contribution in [1.29, 1.82) is 0 Å². The van der Waals surface area contributed by atoms with Crippen molar-refractivity contribution >= 4 is 21.7 Å². The van der Waals surface area contributed by atoms with Gasteiger partial charge in [-0.2, -0.15) is 0 Å². The molecule has 2 aromatic carbocycles. The molecule has 1 fully saturated rings. The van der Waals surface area contributed by atoms with Gasteiger partial charge in [0.15, 0.2) is 5.78 Å². The lowest BCUT2D eigenvalue weighted by Gasteiger charge is -2.36. The van der Waals surface area contributed by atoms with Crippen LogP contribution in [0.2, 0.25) is 0 Å². The number of ketones is 1. The van der Waals surface area contributed by atoms with Crippen LogP contribution >= 0.6 is 15.9 Å². The molecule has 0 amide bonds. The SMILES string of the molecule is COc1ccc(COC[C@H]2C[C@@H](Br)C(=O)[C@@H](OCc3ccc(OC)cc3)[C@@H]2O)cc1. The van der Waals surface area contributed by atoms with Crippen molar-refractivity contribution in [2.24, 2.45) is 5.92 Å². The molecule has 7 heteroatoms. The molecule has 6 nitrogen and oxygen atoms in total. The van der Waals surface area contributed by atoms with Crippen LogP contribution in [0.15, 0.2) is 48.5 Å². The Morgan fingerprint density at radius 3 is 2.00 bits per heavy atom. The maximum absolute atomic E-state index is 12.6. The van der Waals surface area contributed by atoms with E-state index < -0.39 is 12.2 Å². The number of Topliss-reactive ketones (excluding diaryl/α,β-unsaturated/α-hetero) is 1. The largest absolute Gasteiger partial charge is 0.497 e. The molecule has 0 aliphatic heterocycles. The van der Waals surface area contributed by atoms with Crippen LogP contribution in [0.4, 0.5) is 0 Å². The molecule has 1 saturated carbocycles. The number of benzene rings is 2. The molecular formula is C23H27BrO6. The van der Waals surface area contributed by atoms with Gasteiger partial charge >= 0.3 is 0 Å². The van der Waals surface area contributed by atoms with Crippen LogP contribution in [0.25, 0.3) is 0 Å². The van der Waals surface area contributed by atoms with Gasteiger partial charge in [-0.3, -0.25) is 4.79 Å². The van der Waals surface area contributed by atoms with Gasteiger partial charge in [-0.1, -0.05) is 40.2 Å². The summed E-state index contributed by atoms with van der Waals surface area (Å²) >= 11 is 3.43. The van der Waals surface area contributed by atoms with Crippen molar-refractivity contribution < 1.29 is 28.8 Å². The molecule has 1 aliphatic carbocycles. The van der Waals surface area contributed by atoms with Gasteiger partial charge in [-0.25, -0.2) is 0 Å². The van der Waals surface area contributed by atoms with Crippen LogP contribution in [0.1, 0.15) is 17.5 Å². The van der Waals surface area contributed by atoms with Gasteiger partial charge in [-0.05, 0) is 41.8 Å². The number of rotatable bonds is 9. The average molecular weight is 479 g/mol. The highest BCUT2D eigenvalue weighted by atomic mass is 79.9. The Hall–Kier alpha value is -1.93. The van der Waals surface area contributed by atoms with Gasteiger partial charge in [0.1, 0.15) is 17.6 Å². The van der Waals surface area contributed by atoms with Gasteiger partial charge in [0.2, 0.25) is 0 Å². The molecule has 30 heavy (non-hydrogen) atoms. The lowest BCUT2D eigenvalue weighted by Crippen LogP contribution is -2.51. The third-order valence-corrected chi connectivity index (χ3v) is 6.07. The lowest BCUT2D eigenvalue weighted by atomic mass is 9.84. The number of hydrogen-bond donors (Lipinski definition) is 1. The van der Waals surface area contributed by atoms with Gasteiger partial charge < -0.3 is 24.1 Å². The fourth-order valence-electron chi connectivity index (χ4n) is 3.42. The summed E-state index contributed by atoms with van der Waals surface area (Å²) in [5.41, 5.74) is 1.92. The van der Waals surface area contributed by atoms with E-state index in [1.807, 2.05) is 48.5 Å². The van der Waals surface area contributed by atoms with Crippen LogP contribution < -0.4 is 9.47 Å². The third-order valence-electron chi connectivity index (χ3n) is 5.24. The number of methoxy groups -OCH3 is 2. The Labute approximate surface area is 185 Å². The highest BCUT2D eigenvalue weighted by Gasteiger charge is 2.43. The molecule has 0 bridgehead atoms. The van der Waals surface area contributed by atoms with Crippen molar-refractivity contribution in [2.75, 3.05) is 20.8 Å². The highest BCUT2D eigenvalue weighted by molar-refractivity contribution is 9.10. The average Bonchev–Trinajstić information content (AvgIpc) is 2.78. The van der Waals surface area contributed by atoms with Gasteiger partial charge in [0.25, 0.3) is 0 Å². The smallest absolute Gasteiger partial charge is 0.177 e. The molecule has 162 valence electrons. The van der Waals surface area contributed by atoms with Crippen LogP contribution in [0.3, 0.4) is 0 Å². The van der Waals surface area contributed by atoms with Crippen molar-refractivity contribution in [2.45, 2.75) is 36.7 Å². The summed E-state index contributed by atoms with van der Waals surface area (Å²) in [4.78, 5) is 12.2. The summed E-state index contributed by atoms with van der Waals surface area (Å²) in [6.07, 6.45) is -1.30. The van der Waals surface area contributed by atoms with E-state index in [-0.39, 0.29) is 23.1 Å². The van der Waals surface area contributed by atoms with Gasteiger partial charge in [0.05, 0.1) is 45.0 Å². The highest BCUT2D eigenvalue weighted by Crippen LogP contribution is 2.30. The van der Waals surface area contributed by atoms with E-state index in [2.05, 4.69) is 15.9 Å². The van der Waals surface area contributed by atoms with Crippen molar-refractivity contribution in [1.82, 2.24) is 0 Å². The summed E-state index contributed by atoms with van der Waals surface area (Å²) in [7, 11) is 3.23. The topological polar surface area (TPSA) is 74.2 Å². The predicted octanol–water partition coefficient (Wildman–Crippen LogP) is 3.52. The summed E-state index contributed by atoms with van der Waals surface area (Å²) in [5, 5.41) is 10.8. The summed E-state index contributed by atoms with van der Waals surface area (Å²) in [6.45, 7) is 0.993. The third kappa shape index (κ3) is 5.82. The number of carbonyl (C=O) groups is 1. The van der Waals surface area contributed by atoms with E-state index in [1.165, 1.54) is 0 Å². The van der Waals surface area contributed by atoms with Crippen molar-refractivity contribution in [3.63, 3.8) is 0 Å². The molecular weight excluding hydrogens is 452 g/mol. The molecule has 4 atom stereocenters. The standard InChI is InChI=1S/C23H27BrO6/c1-27-18-7-3-15(4-8-18)12-29-14-17-11-20(24)22(26)23(21(17)25)30-13-16-5-9-19(28-2)10-6-16/h3-10,17,20-21,23,25H,11-14H2,1-2H3/t17-,20-,21-,23+/m1/s1. The molecule has 3 rings (SSSR count). The van der Waals surface area contributed by atoms with E-state index in [0.717, 1.165) is 22.6 Å². The second kappa shape index (κ2) is 10.9. The fraction of sp³-hybridized carbons (Fsp3) is 0.435. The minimum atomic E-state index is -0.916. The van der Waals surface area contributed by atoms with E-state index in [9.17, 15) is 9.90 Å². The molecule has 0 spiro atoms. The number of ether oxygens (including phenoxy) is 4. The Kier molecular flexibility index (Phi) is 8.27. The number of carbonyl (C=O) groups excluding carboxylic acids is 1. The van der Waals surface area contributed by atoms with Crippen LogP contribution in [0, 0.1) is 5.92 Å². The number of halogens is 1. The molecule has 1 aliphatic rings. The van der Waals surface area contributed by atoms with Crippen LogP contribution in [-0.4, -0.2) is 48.8 Å². The van der Waals surface area contributed by atoms with Crippen LogP contribution in [-0.2, 0) is 27.5 Å². The van der Waals surface area contributed by atoms with E-state index >= 15 is 0 Å². The second-order valence-corrected chi connectivity index (χ2v) is 8.40. The Morgan fingerprint density at radius 1 is 0.933 bits per heavy atom. The summed E-state index contributed by atoms with van der Waals surface area (Å²) in [5.74, 6) is 1.20. The summed E-state index contributed by atoms with van der Waals surface area (Å²) in [6, 6.07) is 15.1. The van der Waals surface area contributed by atoms with E-state index in [4.69, 9.17) is 18.9 Å². The first kappa shape index (κ1) is 22.7. The predicted molar refractivity (Wildman–Crippen MR) is 116 cm³/mol. The first-order chi connectivity index (χ1) is 14.5. The molecule has 0 aromatic heterocycles. The molecule has 2 aromatic rings. The van der Waals surface area contributed by atoms with E-state index in [0.29, 0.717) is 19.6 Å². The van der Waals surface area contributed by atoms with Crippen molar-refractivity contribution in [3.05, 3.63) is 59.7 Å². The first-order valence-electron chi connectivity index (χ1n) is 9.83. The minimum Gasteiger partial charge on any atom is -0.497 e. The molecule has 0 unspecified atom stereocenters. The Morgan fingerprint density at radius 2 is 1.47 bits per heavy atom. The molecule has 1 N–H and O–H groups in total. The molecule has 0 saturated heterocycles. The Bertz CT molecular complexity index is 807. The quantitative estimate of drug-likeness (QED) is 0.555. The zero-order valence-electron chi connectivity index (χ0n) is 17.1. The maximum atomic E-state index is 12.6. The first-order valence-corrected chi connectivity index (χ1v) is 10.7. The minimum absolute atomic E-state index is 0.137. The molecule has 0 radical (unpaired) electrons. The lowest BCUT2D eigenvalue weighted by molar-refractivity contribution is -0.151. The zero-order valence-corrected chi connectivity index (χ0v) is 18.7. The van der Waals surface area contributed by atoms with Gasteiger partial charge in [-0.15, -0.1) is 0 Å². The van der Waals surface area contributed by atoms with Crippen LogP contribution in [0.5, 0.6) is 11.5 Å². The zero-order chi connectivity index (χ0) is 21.5. The normalized spacial score (nSPS) is 23.9. The number of hydrogen-bond acceptors (Lipinski definition) is 6. The summed E-state index contributed by atoms with van der Waals surface area (Å²) < 4.78 is 21.9. The number of aliphatic hydroxyl groups is 1. The maximum Gasteiger partial charge on any atom is 0.177 e. The number of aliphatic hydroxyl groups excluding tert-OH is 1. The number of alkyl halides is 1. The monoisotopic (exact) mass is 478 g/mol. The van der Waals surface area contributed by atoms with E-state index in [1.54, 1.807) is 14.2 Å². The molecule has 0 heterocycles. The van der Waals surface area contributed by atoms with Gasteiger partial charge in [0, 0.05) is 5.92 Å². The van der Waals surface area contributed by atoms with Crippen molar-refractivity contribution in [3.8, 4) is 11.5 Å². The fourth-order valence-corrected chi connectivity index (χ4v) is 4.16. The Balaban J connectivity index is 1.54.